The zero-order valence-electron chi connectivity index (χ0n) is 18.4. The number of ether oxygens (including phenoxy) is 2. The third-order valence-electron chi connectivity index (χ3n) is 5.53. The maximum Gasteiger partial charge on any atom is 0.260 e. The number of para-hydroxylation sites is 1. The molecular formula is C25H29N3O4. The van der Waals surface area contributed by atoms with Crippen LogP contribution in [0.3, 0.4) is 0 Å². The van der Waals surface area contributed by atoms with E-state index in [0.717, 1.165) is 24.2 Å². The smallest absolute Gasteiger partial charge is 0.260 e. The van der Waals surface area contributed by atoms with Crippen molar-refractivity contribution in [3.05, 3.63) is 66.4 Å². The van der Waals surface area contributed by atoms with Gasteiger partial charge in [-0.1, -0.05) is 30.3 Å². The highest BCUT2D eigenvalue weighted by Crippen LogP contribution is 2.16. The van der Waals surface area contributed by atoms with Crippen LogP contribution >= 0.6 is 0 Å². The van der Waals surface area contributed by atoms with Gasteiger partial charge in [0.1, 0.15) is 12.4 Å². The van der Waals surface area contributed by atoms with E-state index in [9.17, 15) is 4.79 Å². The van der Waals surface area contributed by atoms with E-state index < -0.39 is 0 Å². The summed E-state index contributed by atoms with van der Waals surface area (Å²) in [6.07, 6.45) is 2.82. The predicted octanol–water partition coefficient (Wildman–Crippen LogP) is 3.71. The highest BCUT2D eigenvalue weighted by atomic mass is 16.6. The van der Waals surface area contributed by atoms with Gasteiger partial charge in [0.05, 0.1) is 25.5 Å². The molecule has 1 aromatic heterocycles. The second-order valence-corrected chi connectivity index (χ2v) is 7.60. The molecule has 0 spiro atoms. The Balaban J connectivity index is 1.27. The van der Waals surface area contributed by atoms with Crippen molar-refractivity contribution in [3.8, 4) is 5.75 Å². The van der Waals surface area contributed by atoms with Crippen molar-refractivity contribution in [2.45, 2.75) is 19.9 Å². The molecule has 1 aliphatic rings. The van der Waals surface area contributed by atoms with Crippen LogP contribution in [0, 0.1) is 0 Å². The molecule has 7 nitrogen and oxygen atoms in total. The van der Waals surface area contributed by atoms with Gasteiger partial charge in [-0.2, -0.15) is 0 Å². The molecule has 3 aromatic rings. The van der Waals surface area contributed by atoms with Gasteiger partial charge in [-0.3, -0.25) is 4.79 Å². The lowest BCUT2D eigenvalue weighted by Gasteiger charge is -2.26. The summed E-state index contributed by atoms with van der Waals surface area (Å²) in [6.45, 7) is 5.73. The summed E-state index contributed by atoms with van der Waals surface area (Å²) in [5.74, 6) is 0.642. The number of oxime groups is 1. The number of aromatic nitrogens is 1. The largest absolute Gasteiger partial charge is 0.484 e. The minimum atomic E-state index is -0.0166. The van der Waals surface area contributed by atoms with Gasteiger partial charge in [-0.15, -0.1) is 0 Å². The minimum Gasteiger partial charge on any atom is -0.484 e. The Morgan fingerprint density at radius 3 is 2.62 bits per heavy atom. The average Bonchev–Trinajstić information content (AvgIpc) is 3.27. The van der Waals surface area contributed by atoms with E-state index in [1.165, 1.54) is 10.9 Å². The molecule has 168 valence electrons. The van der Waals surface area contributed by atoms with E-state index in [4.69, 9.17) is 14.3 Å². The van der Waals surface area contributed by atoms with E-state index in [0.29, 0.717) is 38.7 Å². The molecule has 4 rings (SSSR count). The molecule has 0 unspecified atom stereocenters. The topological polar surface area (TPSA) is 65.3 Å². The van der Waals surface area contributed by atoms with Crippen molar-refractivity contribution >= 4 is 22.5 Å². The van der Waals surface area contributed by atoms with Gasteiger partial charge in [0.25, 0.3) is 5.91 Å². The van der Waals surface area contributed by atoms with Crippen LogP contribution in [-0.4, -0.2) is 60.6 Å². The fourth-order valence-corrected chi connectivity index (χ4v) is 3.71. The van der Waals surface area contributed by atoms with Gasteiger partial charge < -0.3 is 23.8 Å². The number of rotatable bonds is 9. The Morgan fingerprint density at radius 2 is 1.84 bits per heavy atom. The first kappa shape index (κ1) is 21.9. The summed E-state index contributed by atoms with van der Waals surface area (Å²) in [7, 11) is 0. The lowest BCUT2D eigenvalue weighted by molar-refractivity contribution is -0.137. The summed E-state index contributed by atoms with van der Waals surface area (Å²) in [4.78, 5) is 19.6. The number of morpholine rings is 1. The van der Waals surface area contributed by atoms with Crippen molar-refractivity contribution < 1.29 is 19.1 Å². The Kier molecular flexibility index (Phi) is 7.40. The van der Waals surface area contributed by atoms with Crippen molar-refractivity contribution in [2.75, 3.05) is 39.5 Å². The molecule has 0 saturated carbocycles. The molecule has 0 bridgehead atoms. The lowest BCUT2D eigenvalue weighted by Crippen LogP contribution is -2.42. The summed E-state index contributed by atoms with van der Waals surface area (Å²) in [6, 6.07) is 18.0. The normalized spacial score (nSPS) is 14.5. The molecule has 1 amide bonds. The number of fused-ring (bicyclic) bond motifs is 1. The van der Waals surface area contributed by atoms with E-state index in [1.54, 1.807) is 4.90 Å². The molecular weight excluding hydrogens is 406 g/mol. The first-order valence-electron chi connectivity index (χ1n) is 11.1. The molecule has 1 saturated heterocycles. The Labute approximate surface area is 188 Å². The number of hydrogen-bond acceptors (Lipinski definition) is 5. The second-order valence-electron chi connectivity index (χ2n) is 7.60. The van der Waals surface area contributed by atoms with Crippen molar-refractivity contribution in [1.82, 2.24) is 9.47 Å². The minimum absolute atomic E-state index is 0.0166. The lowest BCUT2D eigenvalue weighted by atomic mass is 10.1. The van der Waals surface area contributed by atoms with Crippen LogP contribution < -0.4 is 4.74 Å². The SMILES string of the molecule is CC/C(=N/OCCn1ccc2ccccc21)c1ccc(OCC(=O)N2CCOCC2)cc1. The average molecular weight is 436 g/mol. The molecule has 32 heavy (non-hydrogen) atoms. The van der Waals surface area contributed by atoms with Crippen molar-refractivity contribution in [1.29, 1.82) is 0 Å². The third-order valence-corrected chi connectivity index (χ3v) is 5.53. The number of amides is 1. The highest BCUT2D eigenvalue weighted by Gasteiger charge is 2.17. The second kappa shape index (κ2) is 10.8. The highest BCUT2D eigenvalue weighted by molar-refractivity contribution is 6.00. The Bertz CT molecular complexity index is 1050. The van der Waals surface area contributed by atoms with Gasteiger partial charge >= 0.3 is 0 Å². The number of carbonyl (C=O) groups is 1. The standard InChI is InChI=1S/C25H29N3O4/c1-2-23(26-32-18-15-27-12-11-21-5-3-4-6-24(21)27)20-7-9-22(10-8-20)31-19-25(29)28-13-16-30-17-14-28/h3-12H,2,13-19H2,1H3/b26-23-. The fraction of sp³-hybridized carbons (Fsp3) is 0.360. The quantitative estimate of drug-likeness (QED) is 0.292. The molecule has 2 aromatic carbocycles. The first-order valence-corrected chi connectivity index (χ1v) is 11.1. The first-order chi connectivity index (χ1) is 15.7. The molecule has 1 fully saturated rings. The molecule has 0 atom stereocenters. The van der Waals surface area contributed by atoms with Crippen LogP contribution in [0.2, 0.25) is 0 Å². The number of hydrogen-bond donors (Lipinski definition) is 0. The summed E-state index contributed by atoms with van der Waals surface area (Å²) in [5, 5.41) is 5.57. The maximum atomic E-state index is 12.2. The maximum absolute atomic E-state index is 12.2. The molecule has 2 heterocycles. The van der Waals surface area contributed by atoms with Crippen LogP contribution in [0.25, 0.3) is 10.9 Å². The molecule has 1 aliphatic heterocycles. The fourth-order valence-electron chi connectivity index (χ4n) is 3.71. The van der Waals surface area contributed by atoms with Crippen LogP contribution in [0.1, 0.15) is 18.9 Å². The Hall–Kier alpha value is -3.32. The van der Waals surface area contributed by atoms with Gasteiger partial charge in [0, 0.05) is 24.8 Å². The van der Waals surface area contributed by atoms with Gasteiger partial charge in [-0.05, 0) is 53.8 Å². The van der Waals surface area contributed by atoms with Crippen LogP contribution in [-0.2, 0) is 20.9 Å². The Morgan fingerprint density at radius 1 is 1.06 bits per heavy atom. The number of carbonyl (C=O) groups excluding carboxylic acids is 1. The van der Waals surface area contributed by atoms with E-state index in [-0.39, 0.29) is 12.5 Å². The van der Waals surface area contributed by atoms with E-state index >= 15 is 0 Å². The van der Waals surface area contributed by atoms with Crippen LogP contribution in [0.15, 0.2) is 65.9 Å². The number of benzene rings is 2. The van der Waals surface area contributed by atoms with Crippen LogP contribution in [0.5, 0.6) is 5.75 Å². The van der Waals surface area contributed by atoms with Gasteiger partial charge in [0.2, 0.25) is 0 Å². The van der Waals surface area contributed by atoms with Crippen molar-refractivity contribution in [2.24, 2.45) is 5.16 Å². The van der Waals surface area contributed by atoms with Gasteiger partial charge in [-0.25, -0.2) is 0 Å². The summed E-state index contributed by atoms with van der Waals surface area (Å²) >= 11 is 0. The number of nitrogens with zero attached hydrogens (tertiary/aromatic N) is 3. The summed E-state index contributed by atoms with van der Waals surface area (Å²) in [5.41, 5.74) is 3.04. The monoisotopic (exact) mass is 435 g/mol. The molecule has 7 heteroatoms. The zero-order chi connectivity index (χ0) is 22.2. The third kappa shape index (κ3) is 5.48. The molecule has 0 radical (unpaired) electrons. The van der Waals surface area contributed by atoms with E-state index in [2.05, 4.69) is 34.1 Å². The predicted molar refractivity (Wildman–Crippen MR) is 124 cm³/mol. The summed E-state index contributed by atoms with van der Waals surface area (Å²) < 4.78 is 13.1. The van der Waals surface area contributed by atoms with Crippen molar-refractivity contribution in [3.63, 3.8) is 0 Å². The van der Waals surface area contributed by atoms with Gasteiger partial charge in [0.15, 0.2) is 6.61 Å². The molecule has 0 N–H and O–H groups in total. The molecule has 0 aliphatic carbocycles. The zero-order valence-corrected chi connectivity index (χ0v) is 18.4. The van der Waals surface area contributed by atoms with E-state index in [1.807, 2.05) is 43.3 Å². The van der Waals surface area contributed by atoms with Crippen LogP contribution in [0.4, 0.5) is 0 Å².